The molecule has 0 saturated heterocycles. The van der Waals surface area contributed by atoms with Crippen LogP contribution in [-0.4, -0.2) is 32.2 Å². The highest BCUT2D eigenvalue weighted by Gasteiger charge is 2.56. The summed E-state index contributed by atoms with van der Waals surface area (Å²) in [5.74, 6) is 2.70. The minimum absolute atomic E-state index is 0.0565. The van der Waals surface area contributed by atoms with E-state index in [0.717, 1.165) is 67.8 Å². The first-order chi connectivity index (χ1) is 14.2. The Hall–Kier alpha value is -2.07. The Balaban J connectivity index is 1.52. The molecule has 0 amide bonds. The maximum atomic E-state index is 13.5. The topological polar surface area (TPSA) is 44.8 Å². The minimum Gasteiger partial charge on any atom is -0.497 e. The van der Waals surface area contributed by atoms with Crippen LogP contribution in [0.3, 0.4) is 0 Å². The summed E-state index contributed by atoms with van der Waals surface area (Å²) in [5.41, 5.74) is 4.73. The smallest absolute Gasteiger partial charge is 0.164 e. The standard InChI is InChI=1S/C25H30O4/c1-3-25-15-22(26)24-19-7-5-18(27-2)14-16(19)4-6-20(24)21(25)8-9-23(25)29-17-10-12-28-13-11-17/h5,7,10,14,21,23H,3-4,6,8-9,11-13,15H2,1-2H3/t21-,23-,25-/m0/s1. The highest BCUT2D eigenvalue weighted by Crippen LogP contribution is 2.60. The zero-order valence-corrected chi connectivity index (χ0v) is 17.5. The first-order valence-electron chi connectivity index (χ1n) is 11.0. The summed E-state index contributed by atoms with van der Waals surface area (Å²) in [5, 5.41) is 0. The number of Topliss-reactive ketones (excluding diaryl/α,β-unsaturated/α-hetero) is 1. The van der Waals surface area contributed by atoms with E-state index in [2.05, 4.69) is 25.1 Å². The molecule has 0 spiro atoms. The molecule has 0 aromatic heterocycles. The van der Waals surface area contributed by atoms with E-state index in [0.29, 0.717) is 24.7 Å². The van der Waals surface area contributed by atoms with Crippen LogP contribution in [0.2, 0.25) is 0 Å². The van der Waals surface area contributed by atoms with E-state index in [4.69, 9.17) is 14.2 Å². The number of aryl methyl sites for hydroxylation is 1. The molecule has 1 heterocycles. The van der Waals surface area contributed by atoms with Crippen LogP contribution in [0.15, 0.2) is 35.6 Å². The van der Waals surface area contributed by atoms with Gasteiger partial charge in [-0.2, -0.15) is 0 Å². The van der Waals surface area contributed by atoms with Crippen molar-refractivity contribution in [3.63, 3.8) is 0 Å². The number of benzene rings is 1. The zero-order valence-electron chi connectivity index (χ0n) is 17.5. The van der Waals surface area contributed by atoms with Gasteiger partial charge in [0.15, 0.2) is 5.78 Å². The molecule has 0 bridgehead atoms. The van der Waals surface area contributed by atoms with Crippen molar-refractivity contribution in [1.29, 1.82) is 0 Å². The number of methoxy groups -OCH3 is 1. The SMILES string of the molecule is CC[C@]12CC(=O)C3=C(CCc4cc(OC)ccc43)[C@@H]1CC[C@@H]2OC1=CCOCC1. The lowest BCUT2D eigenvalue weighted by molar-refractivity contribution is -0.120. The van der Waals surface area contributed by atoms with Crippen LogP contribution in [0, 0.1) is 11.3 Å². The van der Waals surface area contributed by atoms with Crippen LogP contribution in [0.25, 0.3) is 5.57 Å². The second-order valence-electron chi connectivity index (χ2n) is 8.84. The fourth-order valence-corrected chi connectivity index (χ4v) is 6.23. The maximum absolute atomic E-state index is 13.5. The van der Waals surface area contributed by atoms with E-state index >= 15 is 0 Å². The van der Waals surface area contributed by atoms with E-state index in [1.165, 1.54) is 11.1 Å². The van der Waals surface area contributed by atoms with Gasteiger partial charge in [0.05, 0.1) is 26.1 Å². The molecule has 5 rings (SSSR count). The molecule has 4 aliphatic rings. The van der Waals surface area contributed by atoms with Gasteiger partial charge in [0.1, 0.15) is 11.9 Å². The third-order valence-electron chi connectivity index (χ3n) is 7.68. The second kappa shape index (κ2) is 7.32. The van der Waals surface area contributed by atoms with Gasteiger partial charge in [-0.15, -0.1) is 0 Å². The lowest BCUT2D eigenvalue weighted by Gasteiger charge is -2.45. The van der Waals surface area contributed by atoms with Gasteiger partial charge in [-0.05, 0) is 67.4 Å². The molecule has 1 aromatic carbocycles. The molecular formula is C25H30O4. The Bertz CT molecular complexity index is 896. The first-order valence-corrected chi connectivity index (χ1v) is 11.0. The average molecular weight is 395 g/mol. The third kappa shape index (κ3) is 2.95. The van der Waals surface area contributed by atoms with Gasteiger partial charge in [0, 0.05) is 23.8 Å². The fourth-order valence-electron chi connectivity index (χ4n) is 6.23. The van der Waals surface area contributed by atoms with Crippen molar-refractivity contribution in [3.05, 3.63) is 46.7 Å². The first kappa shape index (κ1) is 18.9. The van der Waals surface area contributed by atoms with Crippen LogP contribution in [-0.2, 0) is 20.7 Å². The van der Waals surface area contributed by atoms with Gasteiger partial charge in [-0.25, -0.2) is 0 Å². The van der Waals surface area contributed by atoms with Gasteiger partial charge in [0.2, 0.25) is 0 Å². The molecular weight excluding hydrogens is 364 g/mol. The predicted molar refractivity (Wildman–Crippen MR) is 112 cm³/mol. The van der Waals surface area contributed by atoms with E-state index in [9.17, 15) is 4.79 Å². The van der Waals surface area contributed by atoms with Crippen molar-refractivity contribution in [1.82, 2.24) is 0 Å². The molecule has 1 fully saturated rings. The number of ether oxygens (including phenoxy) is 3. The van der Waals surface area contributed by atoms with E-state index < -0.39 is 0 Å². The number of allylic oxidation sites excluding steroid dienone is 2. The number of hydrogen-bond acceptors (Lipinski definition) is 4. The highest BCUT2D eigenvalue weighted by molar-refractivity contribution is 6.23. The summed E-state index contributed by atoms with van der Waals surface area (Å²) in [7, 11) is 1.70. The lowest BCUT2D eigenvalue weighted by atomic mass is 9.60. The van der Waals surface area contributed by atoms with Gasteiger partial charge in [0.25, 0.3) is 0 Å². The minimum atomic E-state index is -0.0565. The third-order valence-corrected chi connectivity index (χ3v) is 7.68. The van der Waals surface area contributed by atoms with Crippen LogP contribution in [0.1, 0.15) is 56.6 Å². The van der Waals surface area contributed by atoms with Crippen molar-refractivity contribution in [2.75, 3.05) is 20.3 Å². The molecule has 29 heavy (non-hydrogen) atoms. The summed E-state index contributed by atoms with van der Waals surface area (Å²) >= 11 is 0. The molecule has 0 unspecified atom stereocenters. The molecule has 1 aliphatic heterocycles. The Morgan fingerprint density at radius 1 is 1.21 bits per heavy atom. The highest BCUT2D eigenvalue weighted by atomic mass is 16.5. The fraction of sp³-hybridized carbons (Fsp3) is 0.560. The van der Waals surface area contributed by atoms with Crippen LogP contribution < -0.4 is 4.74 Å². The van der Waals surface area contributed by atoms with Crippen molar-refractivity contribution >= 4 is 11.4 Å². The van der Waals surface area contributed by atoms with Gasteiger partial charge < -0.3 is 14.2 Å². The number of ketones is 1. The molecule has 1 saturated carbocycles. The second-order valence-corrected chi connectivity index (χ2v) is 8.84. The van der Waals surface area contributed by atoms with E-state index in [-0.39, 0.29) is 11.5 Å². The number of hydrogen-bond donors (Lipinski definition) is 0. The summed E-state index contributed by atoms with van der Waals surface area (Å²) in [6, 6.07) is 6.18. The molecule has 154 valence electrons. The average Bonchev–Trinajstić information content (AvgIpc) is 3.12. The number of rotatable bonds is 4. The summed E-state index contributed by atoms with van der Waals surface area (Å²) < 4.78 is 17.4. The van der Waals surface area contributed by atoms with Gasteiger partial charge >= 0.3 is 0 Å². The van der Waals surface area contributed by atoms with E-state index in [1.807, 2.05) is 6.07 Å². The molecule has 0 N–H and O–H groups in total. The Morgan fingerprint density at radius 3 is 2.86 bits per heavy atom. The van der Waals surface area contributed by atoms with Crippen molar-refractivity contribution in [2.24, 2.45) is 11.3 Å². The Morgan fingerprint density at radius 2 is 2.10 bits per heavy atom. The van der Waals surface area contributed by atoms with Crippen molar-refractivity contribution < 1.29 is 19.0 Å². The van der Waals surface area contributed by atoms with Gasteiger partial charge in [-0.3, -0.25) is 4.79 Å². The number of fused-ring (bicyclic) bond motifs is 4. The molecule has 3 aliphatic carbocycles. The quantitative estimate of drug-likeness (QED) is 0.731. The molecule has 3 atom stereocenters. The zero-order chi connectivity index (χ0) is 20.0. The monoisotopic (exact) mass is 394 g/mol. The van der Waals surface area contributed by atoms with Crippen LogP contribution in [0.5, 0.6) is 5.75 Å². The predicted octanol–water partition coefficient (Wildman–Crippen LogP) is 4.86. The summed E-state index contributed by atoms with van der Waals surface area (Å²) in [4.78, 5) is 13.5. The number of carbonyl (C=O) groups is 1. The Labute approximate surface area is 172 Å². The van der Waals surface area contributed by atoms with Crippen molar-refractivity contribution in [2.45, 2.75) is 58.0 Å². The maximum Gasteiger partial charge on any atom is 0.164 e. The molecule has 4 nitrogen and oxygen atoms in total. The molecule has 4 heteroatoms. The largest absolute Gasteiger partial charge is 0.497 e. The van der Waals surface area contributed by atoms with Crippen molar-refractivity contribution in [3.8, 4) is 5.75 Å². The normalized spacial score (nSPS) is 31.0. The van der Waals surface area contributed by atoms with Crippen LogP contribution in [0.4, 0.5) is 0 Å². The Kier molecular flexibility index (Phi) is 4.78. The summed E-state index contributed by atoms with van der Waals surface area (Å²) in [6.07, 6.45) is 8.78. The van der Waals surface area contributed by atoms with Gasteiger partial charge in [-0.1, -0.05) is 18.6 Å². The lowest BCUT2D eigenvalue weighted by Crippen LogP contribution is -2.43. The van der Waals surface area contributed by atoms with E-state index in [1.54, 1.807) is 7.11 Å². The molecule has 0 radical (unpaired) electrons. The summed E-state index contributed by atoms with van der Waals surface area (Å²) in [6.45, 7) is 3.61. The van der Waals surface area contributed by atoms with Crippen LogP contribution >= 0.6 is 0 Å². The number of carbonyl (C=O) groups excluding carboxylic acids is 1. The molecule has 1 aromatic rings.